The Kier molecular flexibility index (Phi) is 2.40. The van der Waals surface area contributed by atoms with Gasteiger partial charge in [-0.15, -0.1) is 0 Å². The van der Waals surface area contributed by atoms with Crippen LogP contribution in [-0.2, 0) is 6.54 Å². The molecular formula is C9H13N5O. The summed E-state index contributed by atoms with van der Waals surface area (Å²) in [7, 11) is 0. The van der Waals surface area contributed by atoms with Crippen molar-refractivity contribution in [2.45, 2.75) is 26.4 Å². The van der Waals surface area contributed by atoms with Crippen LogP contribution in [0.5, 0.6) is 0 Å². The average molecular weight is 207 g/mol. The summed E-state index contributed by atoms with van der Waals surface area (Å²) in [5.74, 6) is 0.700. The summed E-state index contributed by atoms with van der Waals surface area (Å²) >= 11 is 0. The molecule has 0 aliphatic heterocycles. The molecule has 6 heteroatoms. The summed E-state index contributed by atoms with van der Waals surface area (Å²) in [5.41, 5.74) is -0.175. The Morgan fingerprint density at radius 2 is 2.40 bits per heavy atom. The summed E-state index contributed by atoms with van der Waals surface area (Å²) in [5, 5.41) is 10.6. The van der Waals surface area contributed by atoms with Crippen molar-refractivity contribution in [3.05, 3.63) is 34.8 Å². The van der Waals surface area contributed by atoms with Crippen LogP contribution in [0.3, 0.4) is 0 Å². The van der Waals surface area contributed by atoms with Gasteiger partial charge < -0.3 is 0 Å². The van der Waals surface area contributed by atoms with Gasteiger partial charge >= 0.3 is 5.69 Å². The molecule has 0 aliphatic carbocycles. The fourth-order valence-corrected chi connectivity index (χ4v) is 1.58. The lowest BCUT2D eigenvalue weighted by Crippen LogP contribution is -2.21. The molecule has 80 valence electrons. The molecule has 0 saturated heterocycles. The van der Waals surface area contributed by atoms with Crippen LogP contribution >= 0.6 is 0 Å². The van der Waals surface area contributed by atoms with E-state index in [9.17, 15) is 4.79 Å². The zero-order chi connectivity index (χ0) is 10.8. The van der Waals surface area contributed by atoms with E-state index in [1.165, 1.54) is 0 Å². The smallest absolute Gasteiger partial charge is 0.278 e. The van der Waals surface area contributed by atoms with Crippen molar-refractivity contribution in [1.82, 2.24) is 24.5 Å². The molecular weight excluding hydrogens is 194 g/mol. The quantitative estimate of drug-likeness (QED) is 0.792. The number of nitrogens with zero attached hydrogens (tertiary/aromatic N) is 4. The molecule has 1 unspecified atom stereocenters. The Labute approximate surface area is 86.5 Å². The third-order valence-electron chi connectivity index (χ3n) is 2.40. The summed E-state index contributed by atoms with van der Waals surface area (Å²) in [4.78, 5) is 11.4. The maximum Gasteiger partial charge on any atom is 0.343 e. The monoisotopic (exact) mass is 207 g/mol. The van der Waals surface area contributed by atoms with Crippen molar-refractivity contribution < 1.29 is 0 Å². The third kappa shape index (κ3) is 1.58. The fraction of sp³-hybridized carbons (Fsp3) is 0.444. The lowest BCUT2D eigenvalue weighted by molar-refractivity contribution is 0.505. The number of aromatic amines is 1. The lowest BCUT2D eigenvalue weighted by atomic mass is 10.3. The Morgan fingerprint density at radius 3 is 3.00 bits per heavy atom. The molecule has 2 aromatic rings. The van der Waals surface area contributed by atoms with Crippen molar-refractivity contribution in [3.8, 4) is 0 Å². The highest BCUT2D eigenvalue weighted by atomic mass is 16.1. The van der Waals surface area contributed by atoms with Gasteiger partial charge in [-0.1, -0.05) is 0 Å². The van der Waals surface area contributed by atoms with E-state index in [1.54, 1.807) is 15.4 Å². The summed E-state index contributed by atoms with van der Waals surface area (Å²) < 4.78 is 3.37. The molecule has 0 bridgehead atoms. The van der Waals surface area contributed by atoms with Crippen molar-refractivity contribution in [3.63, 3.8) is 0 Å². The minimum atomic E-state index is -0.175. The number of nitrogens with one attached hydrogen (secondary N) is 1. The van der Waals surface area contributed by atoms with Gasteiger partial charge in [-0.3, -0.25) is 9.25 Å². The second kappa shape index (κ2) is 3.72. The van der Waals surface area contributed by atoms with Crippen LogP contribution < -0.4 is 5.69 Å². The first-order chi connectivity index (χ1) is 7.24. The minimum absolute atomic E-state index is 0.0427. The second-order valence-electron chi connectivity index (χ2n) is 3.29. The number of rotatable bonds is 3. The summed E-state index contributed by atoms with van der Waals surface area (Å²) in [6.07, 6.45) is 3.56. The van der Waals surface area contributed by atoms with E-state index in [4.69, 9.17) is 0 Å². The number of hydrogen-bond acceptors (Lipinski definition) is 3. The lowest BCUT2D eigenvalue weighted by Gasteiger charge is -2.11. The standard InChI is InChI=1S/C9H13N5O/c1-3-13-8(11-12-9(13)15)7(2)14-6-4-5-10-14/h4-7H,3H2,1-2H3,(H,12,15). The van der Waals surface area contributed by atoms with E-state index in [-0.39, 0.29) is 11.7 Å². The Balaban J connectivity index is 2.41. The molecule has 1 N–H and O–H groups in total. The molecule has 0 fully saturated rings. The van der Waals surface area contributed by atoms with Crippen LogP contribution in [-0.4, -0.2) is 24.5 Å². The molecule has 0 aliphatic rings. The number of H-pyrrole nitrogens is 1. The first-order valence-corrected chi connectivity index (χ1v) is 4.88. The van der Waals surface area contributed by atoms with Gasteiger partial charge in [0.25, 0.3) is 0 Å². The van der Waals surface area contributed by atoms with Crippen LogP contribution in [0.1, 0.15) is 25.7 Å². The highest BCUT2D eigenvalue weighted by molar-refractivity contribution is 4.96. The van der Waals surface area contributed by atoms with E-state index < -0.39 is 0 Å². The maximum atomic E-state index is 11.4. The number of aromatic nitrogens is 5. The third-order valence-corrected chi connectivity index (χ3v) is 2.40. The summed E-state index contributed by atoms with van der Waals surface area (Å²) in [6, 6.07) is 1.80. The Hall–Kier alpha value is -1.85. The van der Waals surface area contributed by atoms with Crippen molar-refractivity contribution >= 4 is 0 Å². The van der Waals surface area contributed by atoms with Crippen molar-refractivity contribution in [2.75, 3.05) is 0 Å². The van der Waals surface area contributed by atoms with Crippen LogP contribution in [0.2, 0.25) is 0 Å². The first kappa shape index (κ1) is 9.70. The molecule has 2 heterocycles. The molecule has 0 spiro atoms. The number of hydrogen-bond donors (Lipinski definition) is 1. The largest absolute Gasteiger partial charge is 0.343 e. The van der Waals surface area contributed by atoms with Crippen LogP contribution in [0.4, 0.5) is 0 Å². The van der Waals surface area contributed by atoms with Gasteiger partial charge in [-0.2, -0.15) is 10.2 Å². The van der Waals surface area contributed by atoms with Gasteiger partial charge in [-0.25, -0.2) is 9.89 Å². The van der Waals surface area contributed by atoms with Crippen molar-refractivity contribution in [2.24, 2.45) is 0 Å². The van der Waals surface area contributed by atoms with E-state index >= 15 is 0 Å². The van der Waals surface area contributed by atoms with Crippen LogP contribution in [0, 0.1) is 0 Å². The van der Waals surface area contributed by atoms with E-state index in [2.05, 4.69) is 15.3 Å². The van der Waals surface area contributed by atoms with Gasteiger partial charge in [0.2, 0.25) is 0 Å². The molecule has 0 aromatic carbocycles. The topological polar surface area (TPSA) is 68.5 Å². The Morgan fingerprint density at radius 1 is 1.60 bits per heavy atom. The molecule has 2 rings (SSSR count). The highest BCUT2D eigenvalue weighted by Gasteiger charge is 2.15. The highest BCUT2D eigenvalue weighted by Crippen LogP contribution is 2.11. The molecule has 6 nitrogen and oxygen atoms in total. The predicted molar refractivity (Wildman–Crippen MR) is 54.6 cm³/mol. The Bertz CT molecular complexity index is 481. The van der Waals surface area contributed by atoms with Gasteiger partial charge in [0.05, 0.1) is 0 Å². The fourth-order valence-electron chi connectivity index (χ4n) is 1.58. The predicted octanol–water partition coefficient (Wildman–Crippen LogP) is 0.397. The zero-order valence-electron chi connectivity index (χ0n) is 8.71. The molecule has 0 radical (unpaired) electrons. The van der Waals surface area contributed by atoms with Gasteiger partial charge in [0, 0.05) is 18.9 Å². The van der Waals surface area contributed by atoms with Gasteiger partial charge in [0.15, 0.2) is 5.82 Å². The molecule has 0 saturated carbocycles. The van der Waals surface area contributed by atoms with E-state index in [0.717, 1.165) is 0 Å². The minimum Gasteiger partial charge on any atom is -0.278 e. The van der Waals surface area contributed by atoms with Gasteiger partial charge in [0.1, 0.15) is 6.04 Å². The first-order valence-electron chi connectivity index (χ1n) is 4.88. The maximum absolute atomic E-state index is 11.4. The van der Waals surface area contributed by atoms with Crippen molar-refractivity contribution in [1.29, 1.82) is 0 Å². The summed E-state index contributed by atoms with van der Waals surface area (Å²) in [6.45, 7) is 4.47. The van der Waals surface area contributed by atoms with Crippen LogP contribution in [0.15, 0.2) is 23.3 Å². The van der Waals surface area contributed by atoms with Crippen LogP contribution in [0.25, 0.3) is 0 Å². The van der Waals surface area contributed by atoms with E-state index in [1.807, 2.05) is 26.1 Å². The SMILES string of the molecule is CCn1c(C(C)n2cccn2)n[nH]c1=O. The molecule has 0 amide bonds. The molecule has 15 heavy (non-hydrogen) atoms. The normalized spacial score (nSPS) is 12.9. The average Bonchev–Trinajstić information content (AvgIpc) is 2.85. The van der Waals surface area contributed by atoms with E-state index in [0.29, 0.717) is 12.4 Å². The molecule has 1 atom stereocenters. The molecule has 2 aromatic heterocycles. The zero-order valence-corrected chi connectivity index (χ0v) is 8.71. The van der Waals surface area contributed by atoms with Gasteiger partial charge in [-0.05, 0) is 19.9 Å². The second-order valence-corrected chi connectivity index (χ2v) is 3.29.